The van der Waals surface area contributed by atoms with E-state index in [2.05, 4.69) is 10.2 Å². The molecule has 0 saturated heterocycles. The highest BCUT2D eigenvalue weighted by Gasteiger charge is 2.17. The number of hydrogen-bond donors (Lipinski definition) is 1. The summed E-state index contributed by atoms with van der Waals surface area (Å²) >= 11 is 5.63. The minimum Gasteiger partial charge on any atom is -0.282 e. The first-order valence-corrected chi connectivity index (χ1v) is 5.56. The van der Waals surface area contributed by atoms with Gasteiger partial charge in [-0.3, -0.25) is 5.10 Å². The average molecular weight is 199 g/mol. The van der Waals surface area contributed by atoms with Crippen LogP contribution < -0.4 is 0 Å². The van der Waals surface area contributed by atoms with Crippen molar-refractivity contribution < 1.29 is 0 Å². The van der Waals surface area contributed by atoms with Gasteiger partial charge in [0.1, 0.15) is 0 Å². The third-order valence-corrected chi connectivity index (χ3v) is 2.96. The molecule has 0 atom stereocenters. The Balaban J connectivity index is 1.96. The molecular weight excluding hydrogens is 184 g/mol. The van der Waals surface area contributed by atoms with E-state index in [1.807, 2.05) is 0 Å². The maximum atomic E-state index is 5.63. The van der Waals surface area contributed by atoms with Gasteiger partial charge < -0.3 is 0 Å². The number of rotatable bonds is 4. The topological polar surface area (TPSA) is 28.7 Å². The predicted molar refractivity (Wildman–Crippen MR) is 54.3 cm³/mol. The number of nitrogens with one attached hydrogen (secondary N) is 1. The summed E-state index contributed by atoms with van der Waals surface area (Å²) in [6.45, 7) is 0. The van der Waals surface area contributed by atoms with E-state index in [-0.39, 0.29) is 0 Å². The number of alkyl halides is 1. The number of H-pyrrole nitrogens is 1. The summed E-state index contributed by atoms with van der Waals surface area (Å²) in [6.07, 6.45) is 7.08. The Hall–Kier alpha value is -0.500. The zero-order valence-corrected chi connectivity index (χ0v) is 8.53. The number of hydrogen-bond acceptors (Lipinski definition) is 1. The Kier molecular flexibility index (Phi) is 2.89. The fourth-order valence-corrected chi connectivity index (χ4v) is 2.17. The average Bonchev–Trinajstić information content (AvgIpc) is 2.68. The molecule has 13 heavy (non-hydrogen) atoms. The molecule has 2 rings (SSSR count). The highest BCUT2D eigenvalue weighted by Crippen LogP contribution is 2.23. The molecule has 0 radical (unpaired) electrons. The van der Waals surface area contributed by atoms with Crippen LogP contribution in [0.4, 0.5) is 0 Å². The van der Waals surface area contributed by atoms with Crippen molar-refractivity contribution in [1.29, 1.82) is 0 Å². The van der Waals surface area contributed by atoms with Crippen LogP contribution in [0.2, 0.25) is 0 Å². The molecule has 0 bridgehead atoms. The van der Waals surface area contributed by atoms with Crippen molar-refractivity contribution in [2.45, 2.75) is 38.5 Å². The molecule has 0 fully saturated rings. The zero-order valence-electron chi connectivity index (χ0n) is 7.77. The van der Waals surface area contributed by atoms with E-state index in [1.165, 1.54) is 42.6 Å². The van der Waals surface area contributed by atoms with Gasteiger partial charge in [0.05, 0.1) is 5.69 Å². The van der Waals surface area contributed by atoms with Gasteiger partial charge in [0, 0.05) is 11.6 Å². The van der Waals surface area contributed by atoms with Crippen molar-refractivity contribution in [3.63, 3.8) is 0 Å². The normalized spacial score (nSPS) is 14.8. The molecule has 1 aromatic heterocycles. The number of nitrogens with zero attached hydrogens (tertiary/aromatic N) is 1. The lowest BCUT2D eigenvalue weighted by molar-refractivity contribution is 0.757. The quantitative estimate of drug-likeness (QED) is 0.585. The van der Waals surface area contributed by atoms with Crippen LogP contribution in [0.25, 0.3) is 0 Å². The van der Waals surface area contributed by atoms with E-state index in [9.17, 15) is 0 Å². The second-order valence-electron chi connectivity index (χ2n) is 3.63. The summed E-state index contributed by atoms with van der Waals surface area (Å²) in [5.74, 6) is 0.770. The fourth-order valence-electron chi connectivity index (χ4n) is 1.98. The maximum Gasteiger partial charge on any atom is 0.0656 e. The fraction of sp³-hybridized carbons (Fsp3) is 0.700. The molecule has 0 aromatic carbocycles. The number of unbranched alkanes of at least 4 members (excludes halogenated alkanes) is 1. The van der Waals surface area contributed by atoms with Gasteiger partial charge in [0.15, 0.2) is 0 Å². The smallest absolute Gasteiger partial charge is 0.0656 e. The Labute approximate surface area is 83.7 Å². The summed E-state index contributed by atoms with van der Waals surface area (Å²) in [7, 11) is 0. The highest BCUT2D eigenvalue weighted by atomic mass is 35.5. The van der Waals surface area contributed by atoms with Crippen LogP contribution in [0, 0.1) is 0 Å². The molecule has 1 N–H and O–H groups in total. The van der Waals surface area contributed by atoms with Gasteiger partial charge in [-0.05, 0) is 44.1 Å². The SMILES string of the molecule is ClCCCCc1n[nH]c2c1CCC2. The van der Waals surface area contributed by atoms with Crippen LogP contribution in [-0.4, -0.2) is 16.1 Å². The van der Waals surface area contributed by atoms with Gasteiger partial charge in [0.25, 0.3) is 0 Å². The van der Waals surface area contributed by atoms with E-state index in [0.717, 1.165) is 18.7 Å². The minimum absolute atomic E-state index is 0.770. The van der Waals surface area contributed by atoms with Crippen molar-refractivity contribution in [2.75, 3.05) is 5.88 Å². The molecule has 2 nitrogen and oxygen atoms in total. The van der Waals surface area contributed by atoms with Crippen molar-refractivity contribution >= 4 is 11.6 Å². The predicted octanol–water partition coefficient (Wildman–Crippen LogP) is 2.46. The maximum absolute atomic E-state index is 5.63. The highest BCUT2D eigenvalue weighted by molar-refractivity contribution is 6.17. The Morgan fingerprint density at radius 1 is 1.31 bits per heavy atom. The molecule has 1 heterocycles. The first-order valence-electron chi connectivity index (χ1n) is 5.03. The first kappa shape index (κ1) is 9.07. The van der Waals surface area contributed by atoms with Gasteiger partial charge in [-0.2, -0.15) is 5.10 Å². The summed E-state index contributed by atoms with van der Waals surface area (Å²) in [5.41, 5.74) is 4.16. The first-order chi connectivity index (χ1) is 6.42. The van der Waals surface area contributed by atoms with Crippen molar-refractivity contribution in [2.24, 2.45) is 0 Å². The van der Waals surface area contributed by atoms with Crippen LogP contribution in [0.3, 0.4) is 0 Å². The molecule has 3 heteroatoms. The largest absolute Gasteiger partial charge is 0.282 e. The molecule has 0 aliphatic heterocycles. The van der Waals surface area contributed by atoms with Crippen LogP contribution in [-0.2, 0) is 19.3 Å². The number of fused-ring (bicyclic) bond motifs is 1. The van der Waals surface area contributed by atoms with Gasteiger partial charge in [0.2, 0.25) is 0 Å². The second-order valence-corrected chi connectivity index (χ2v) is 4.01. The Morgan fingerprint density at radius 3 is 3.08 bits per heavy atom. The molecule has 72 valence electrons. The Morgan fingerprint density at radius 2 is 2.23 bits per heavy atom. The summed E-state index contributed by atoms with van der Waals surface area (Å²) in [5, 5.41) is 7.47. The Bertz CT molecular complexity index is 280. The van der Waals surface area contributed by atoms with Crippen molar-refractivity contribution in [3.8, 4) is 0 Å². The third-order valence-electron chi connectivity index (χ3n) is 2.69. The van der Waals surface area contributed by atoms with Crippen molar-refractivity contribution in [3.05, 3.63) is 17.0 Å². The van der Waals surface area contributed by atoms with Crippen LogP contribution >= 0.6 is 11.6 Å². The standard InChI is InChI=1S/C10H15ClN2/c11-7-2-1-5-9-8-4-3-6-10(8)13-12-9/h1-7H2,(H,12,13). The third kappa shape index (κ3) is 1.88. The molecule has 0 amide bonds. The van der Waals surface area contributed by atoms with E-state index in [1.54, 1.807) is 0 Å². The summed E-state index contributed by atoms with van der Waals surface area (Å²) in [6, 6.07) is 0. The lowest BCUT2D eigenvalue weighted by Crippen LogP contribution is -1.91. The number of halogens is 1. The van der Waals surface area contributed by atoms with Gasteiger partial charge in [-0.25, -0.2) is 0 Å². The van der Waals surface area contributed by atoms with Crippen LogP contribution in [0.15, 0.2) is 0 Å². The molecule has 1 aliphatic carbocycles. The molecule has 1 aliphatic rings. The van der Waals surface area contributed by atoms with E-state index in [0.29, 0.717) is 0 Å². The molecule has 0 saturated carbocycles. The molecule has 1 aromatic rings. The summed E-state index contributed by atoms with van der Waals surface area (Å²) < 4.78 is 0. The molecule has 0 spiro atoms. The number of aryl methyl sites for hydroxylation is 2. The monoisotopic (exact) mass is 198 g/mol. The van der Waals surface area contributed by atoms with E-state index < -0.39 is 0 Å². The lowest BCUT2D eigenvalue weighted by Gasteiger charge is -1.97. The van der Waals surface area contributed by atoms with Gasteiger partial charge >= 0.3 is 0 Å². The number of aromatic nitrogens is 2. The molecular formula is C10H15ClN2. The minimum atomic E-state index is 0.770. The van der Waals surface area contributed by atoms with Crippen molar-refractivity contribution in [1.82, 2.24) is 10.2 Å². The molecule has 0 unspecified atom stereocenters. The summed E-state index contributed by atoms with van der Waals surface area (Å²) in [4.78, 5) is 0. The number of aromatic amines is 1. The van der Waals surface area contributed by atoms with E-state index in [4.69, 9.17) is 11.6 Å². The van der Waals surface area contributed by atoms with Gasteiger partial charge in [-0.1, -0.05) is 0 Å². The van der Waals surface area contributed by atoms with E-state index >= 15 is 0 Å². The lowest BCUT2D eigenvalue weighted by atomic mass is 10.1. The zero-order chi connectivity index (χ0) is 9.10. The second kappa shape index (κ2) is 4.14. The van der Waals surface area contributed by atoms with Gasteiger partial charge in [-0.15, -0.1) is 11.6 Å². The van der Waals surface area contributed by atoms with Crippen LogP contribution in [0.5, 0.6) is 0 Å². The van der Waals surface area contributed by atoms with Crippen LogP contribution in [0.1, 0.15) is 36.2 Å².